The lowest BCUT2D eigenvalue weighted by Gasteiger charge is -2.07. The molecule has 0 aliphatic carbocycles. The highest BCUT2D eigenvalue weighted by atomic mass is 16.3. The van der Waals surface area contributed by atoms with Gasteiger partial charge >= 0.3 is 0 Å². The molecule has 0 amide bonds. The van der Waals surface area contributed by atoms with Crippen LogP contribution in [0.15, 0.2) is 69.9 Å². The van der Waals surface area contributed by atoms with E-state index in [9.17, 15) is 4.79 Å². The van der Waals surface area contributed by atoms with Crippen molar-refractivity contribution < 1.29 is 4.42 Å². The minimum atomic E-state index is -0.0356. The summed E-state index contributed by atoms with van der Waals surface area (Å²) < 4.78 is 6.03. The van der Waals surface area contributed by atoms with Gasteiger partial charge in [-0.3, -0.25) is 4.79 Å². The third-order valence-corrected chi connectivity index (χ3v) is 4.32. The number of aryl methyl sites for hydroxylation is 2. The van der Waals surface area contributed by atoms with E-state index in [1.807, 2.05) is 24.3 Å². The molecule has 0 spiro atoms. The molecule has 0 N–H and O–H groups in total. The molecule has 0 atom stereocenters. The molecule has 2 aromatic carbocycles. The van der Waals surface area contributed by atoms with E-state index in [0.29, 0.717) is 11.5 Å². The van der Waals surface area contributed by atoms with Gasteiger partial charge in [-0.2, -0.15) is 0 Å². The topological polar surface area (TPSA) is 30.2 Å². The van der Waals surface area contributed by atoms with E-state index >= 15 is 0 Å². The van der Waals surface area contributed by atoms with Crippen molar-refractivity contribution in [2.24, 2.45) is 0 Å². The van der Waals surface area contributed by atoms with Crippen molar-refractivity contribution in [1.29, 1.82) is 0 Å². The van der Waals surface area contributed by atoms with Crippen LogP contribution in [0.2, 0.25) is 0 Å². The summed E-state index contributed by atoms with van der Waals surface area (Å²) in [7, 11) is 0. The maximum absolute atomic E-state index is 12.1. The molecule has 3 rings (SSSR count). The summed E-state index contributed by atoms with van der Waals surface area (Å²) in [6, 6.07) is 19.6. The smallest absolute Gasteiger partial charge is 0.186 e. The average molecular weight is 332 g/mol. The zero-order valence-corrected chi connectivity index (χ0v) is 14.9. The van der Waals surface area contributed by atoms with Gasteiger partial charge in [0.1, 0.15) is 11.5 Å². The standard InChI is InChI=1S/C23H24O2/c1-3-5-17-7-11-19(12-8-17)22-15-21(24)16-23(25-22)20-13-9-18(6-4-2)10-14-20/h7-16H,3-6H2,1-2H3. The Morgan fingerprint density at radius 3 is 1.44 bits per heavy atom. The van der Waals surface area contributed by atoms with Gasteiger partial charge < -0.3 is 4.42 Å². The van der Waals surface area contributed by atoms with Crippen LogP contribution in [0.25, 0.3) is 22.6 Å². The van der Waals surface area contributed by atoms with Gasteiger partial charge in [-0.1, -0.05) is 75.2 Å². The Hall–Kier alpha value is -2.61. The minimum absolute atomic E-state index is 0.0356. The number of hydrogen-bond acceptors (Lipinski definition) is 2. The van der Waals surface area contributed by atoms with Gasteiger partial charge in [-0.15, -0.1) is 0 Å². The molecule has 0 aliphatic rings. The molecule has 0 fully saturated rings. The molecule has 0 saturated heterocycles. The van der Waals surface area contributed by atoms with Crippen molar-refractivity contribution in [1.82, 2.24) is 0 Å². The Bertz CT molecular complexity index is 800. The molecule has 128 valence electrons. The Balaban J connectivity index is 1.93. The first-order chi connectivity index (χ1) is 12.2. The first kappa shape index (κ1) is 17.2. The summed E-state index contributed by atoms with van der Waals surface area (Å²) in [5.41, 5.74) is 4.43. The molecular weight excluding hydrogens is 308 g/mol. The maximum Gasteiger partial charge on any atom is 0.186 e. The molecule has 1 aromatic heterocycles. The van der Waals surface area contributed by atoms with Crippen LogP contribution in [-0.2, 0) is 12.8 Å². The zero-order valence-electron chi connectivity index (χ0n) is 14.9. The van der Waals surface area contributed by atoms with Crippen LogP contribution < -0.4 is 5.43 Å². The van der Waals surface area contributed by atoms with Crippen LogP contribution >= 0.6 is 0 Å². The second-order valence-electron chi connectivity index (χ2n) is 6.42. The molecule has 2 heteroatoms. The van der Waals surface area contributed by atoms with Crippen molar-refractivity contribution >= 4 is 0 Å². The fraction of sp³-hybridized carbons (Fsp3) is 0.261. The van der Waals surface area contributed by atoms with Crippen LogP contribution in [0.4, 0.5) is 0 Å². The van der Waals surface area contributed by atoms with Crippen LogP contribution in [0, 0.1) is 0 Å². The number of hydrogen-bond donors (Lipinski definition) is 0. The van der Waals surface area contributed by atoms with Gasteiger partial charge in [-0.25, -0.2) is 0 Å². The first-order valence-electron chi connectivity index (χ1n) is 9.03. The molecule has 0 saturated carbocycles. The summed E-state index contributed by atoms with van der Waals surface area (Å²) >= 11 is 0. The predicted molar refractivity (Wildman–Crippen MR) is 104 cm³/mol. The normalized spacial score (nSPS) is 10.8. The van der Waals surface area contributed by atoms with Gasteiger partial charge in [0.25, 0.3) is 0 Å². The largest absolute Gasteiger partial charge is 0.456 e. The lowest BCUT2D eigenvalue weighted by Crippen LogP contribution is -1.98. The Morgan fingerprint density at radius 2 is 1.08 bits per heavy atom. The van der Waals surface area contributed by atoms with Gasteiger partial charge in [-0.05, 0) is 24.0 Å². The van der Waals surface area contributed by atoms with Crippen LogP contribution in [-0.4, -0.2) is 0 Å². The van der Waals surface area contributed by atoms with E-state index < -0.39 is 0 Å². The third-order valence-electron chi connectivity index (χ3n) is 4.32. The van der Waals surface area contributed by atoms with Gasteiger partial charge in [0.05, 0.1) is 0 Å². The quantitative estimate of drug-likeness (QED) is 0.564. The lowest BCUT2D eigenvalue weighted by atomic mass is 10.0. The predicted octanol–water partition coefficient (Wildman–Crippen LogP) is 5.88. The van der Waals surface area contributed by atoms with Crippen molar-refractivity contribution in [3.63, 3.8) is 0 Å². The van der Waals surface area contributed by atoms with E-state index in [4.69, 9.17) is 4.42 Å². The molecule has 0 aliphatic heterocycles. The summed E-state index contributed by atoms with van der Waals surface area (Å²) in [6.45, 7) is 4.34. The van der Waals surface area contributed by atoms with Crippen molar-refractivity contribution in [3.05, 3.63) is 82.0 Å². The number of rotatable bonds is 6. The molecule has 25 heavy (non-hydrogen) atoms. The van der Waals surface area contributed by atoms with E-state index in [-0.39, 0.29) is 5.43 Å². The molecule has 2 nitrogen and oxygen atoms in total. The van der Waals surface area contributed by atoms with Crippen molar-refractivity contribution in [2.75, 3.05) is 0 Å². The van der Waals surface area contributed by atoms with Crippen LogP contribution in [0.3, 0.4) is 0 Å². The molecule has 0 unspecified atom stereocenters. The van der Waals surface area contributed by atoms with E-state index in [2.05, 4.69) is 38.1 Å². The van der Waals surface area contributed by atoms with E-state index in [0.717, 1.165) is 36.8 Å². The van der Waals surface area contributed by atoms with Crippen LogP contribution in [0.1, 0.15) is 37.8 Å². The summed E-state index contributed by atoms with van der Waals surface area (Å²) in [5, 5.41) is 0. The van der Waals surface area contributed by atoms with Crippen LogP contribution in [0.5, 0.6) is 0 Å². The first-order valence-corrected chi connectivity index (χ1v) is 9.03. The monoisotopic (exact) mass is 332 g/mol. The summed E-state index contributed by atoms with van der Waals surface area (Å²) in [5.74, 6) is 1.23. The summed E-state index contributed by atoms with van der Waals surface area (Å²) in [6.07, 6.45) is 4.37. The molecule has 0 bridgehead atoms. The van der Waals surface area contributed by atoms with Gasteiger partial charge in [0.2, 0.25) is 0 Å². The second kappa shape index (κ2) is 7.98. The molecule has 3 aromatic rings. The van der Waals surface area contributed by atoms with Gasteiger partial charge in [0, 0.05) is 23.3 Å². The molecule has 0 radical (unpaired) electrons. The SMILES string of the molecule is CCCc1ccc(-c2cc(=O)cc(-c3ccc(CCC)cc3)o2)cc1. The van der Waals surface area contributed by atoms with E-state index in [1.54, 1.807) is 12.1 Å². The lowest BCUT2D eigenvalue weighted by molar-refractivity contribution is 0.580. The molecular formula is C23H24O2. The van der Waals surface area contributed by atoms with Crippen molar-refractivity contribution in [2.45, 2.75) is 39.5 Å². The number of benzene rings is 2. The fourth-order valence-electron chi connectivity index (χ4n) is 3.01. The Labute approximate surface area is 149 Å². The third kappa shape index (κ3) is 4.27. The maximum atomic E-state index is 12.1. The zero-order chi connectivity index (χ0) is 17.6. The average Bonchev–Trinajstić information content (AvgIpc) is 2.63. The van der Waals surface area contributed by atoms with Gasteiger partial charge in [0.15, 0.2) is 5.43 Å². The second-order valence-corrected chi connectivity index (χ2v) is 6.42. The Kier molecular flexibility index (Phi) is 5.49. The minimum Gasteiger partial charge on any atom is -0.456 e. The van der Waals surface area contributed by atoms with E-state index in [1.165, 1.54) is 11.1 Å². The summed E-state index contributed by atoms with van der Waals surface area (Å²) in [4.78, 5) is 12.1. The highest BCUT2D eigenvalue weighted by molar-refractivity contribution is 5.63. The highest BCUT2D eigenvalue weighted by Crippen LogP contribution is 2.25. The Morgan fingerprint density at radius 1 is 0.680 bits per heavy atom. The van der Waals surface area contributed by atoms with Crippen molar-refractivity contribution in [3.8, 4) is 22.6 Å². The molecule has 1 heterocycles. The fourth-order valence-corrected chi connectivity index (χ4v) is 3.01. The highest BCUT2D eigenvalue weighted by Gasteiger charge is 2.07.